The van der Waals surface area contributed by atoms with Gasteiger partial charge in [-0.25, -0.2) is 9.67 Å². The van der Waals surface area contributed by atoms with Gasteiger partial charge in [0.25, 0.3) is 5.91 Å². The number of methoxy groups -OCH3 is 1. The van der Waals surface area contributed by atoms with Crippen LogP contribution in [0.3, 0.4) is 0 Å². The largest absolute Gasteiger partial charge is 0.481 e. The van der Waals surface area contributed by atoms with Crippen LogP contribution >= 0.6 is 0 Å². The Hall–Kier alpha value is -3.94. The van der Waals surface area contributed by atoms with Crippen LogP contribution in [0.1, 0.15) is 43.6 Å². The van der Waals surface area contributed by atoms with E-state index in [2.05, 4.69) is 41.8 Å². The van der Waals surface area contributed by atoms with E-state index in [0.29, 0.717) is 17.4 Å². The van der Waals surface area contributed by atoms with Crippen molar-refractivity contribution < 1.29 is 14.3 Å². The molecule has 3 aromatic heterocycles. The lowest BCUT2D eigenvalue weighted by Gasteiger charge is -2.14. The number of amides is 1. The van der Waals surface area contributed by atoms with E-state index in [1.54, 1.807) is 24.1 Å². The second-order valence-corrected chi connectivity index (χ2v) is 8.50. The van der Waals surface area contributed by atoms with Crippen molar-refractivity contribution in [3.63, 3.8) is 0 Å². The number of pyridine rings is 2. The van der Waals surface area contributed by atoms with Crippen LogP contribution in [0.25, 0.3) is 16.6 Å². The predicted octanol–water partition coefficient (Wildman–Crippen LogP) is 4.23. The van der Waals surface area contributed by atoms with Gasteiger partial charge < -0.3 is 14.8 Å². The molecule has 0 aliphatic heterocycles. The third-order valence-corrected chi connectivity index (χ3v) is 6.11. The van der Waals surface area contributed by atoms with Gasteiger partial charge in [-0.05, 0) is 61.6 Å². The molecular formula is C26H29N5O3. The van der Waals surface area contributed by atoms with Gasteiger partial charge in [0, 0.05) is 31.0 Å². The van der Waals surface area contributed by atoms with E-state index in [4.69, 9.17) is 14.6 Å². The minimum atomic E-state index is -0.251. The summed E-state index contributed by atoms with van der Waals surface area (Å²) >= 11 is 0. The molecule has 0 saturated heterocycles. The molecule has 1 amide bonds. The summed E-state index contributed by atoms with van der Waals surface area (Å²) in [6.07, 6.45) is 3.80. The Labute approximate surface area is 199 Å². The first-order valence-corrected chi connectivity index (χ1v) is 11.0. The van der Waals surface area contributed by atoms with Crippen LogP contribution in [-0.2, 0) is 11.8 Å². The van der Waals surface area contributed by atoms with Crippen LogP contribution in [0.2, 0.25) is 0 Å². The van der Waals surface area contributed by atoms with Gasteiger partial charge in [-0.1, -0.05) is 12.6 Å². The number of nitrogens with zero attached hydrogens (tertiary/aromatic N) is 4. The minimum absolute atomic E-state index is 0.150. The number of fused-ring (bicyclic) bond motifs is 1. The van der Waals surface area contributed by atoms with Crippen LogP contribution in [0.15, 0.2) is 53.8 Å². The third kappa shape index (κ3) is 4.31. The smallest absolute Gasteiger partial charge is 0.258 e. The molecule has 3 aromatic rings. The standard InChI is InChI=1S/C26H29N5O3/c1-14-10-20(17(4)16(14)3)25-24-15(2)11-23(29-26(24)31(6)30-25)34-13-21(32)28-18(5)19-8-9-22(33-7)27-12-19/h8-12,18H,3,13H2,1-2,4-7H3,(H,28,32). The van der Waals surface area contributed by atoms with E-state index < -0.39 is 0 Å². The number of aromatic nitrogens is 4. The van der Waals surface area contributed by atoms with Gasteiger partial charge in [0.1, 0.15) is 5.69 Å². The SMILES string of the molecule is C=C1C(C)=CC(c2nn(C)c3nc(OCC(=O)NC(C)c4ccc(OC)nc4)cc(C)c23)=C1C. The summed E-state index contributed by atoms with van der Waals surface area (Å²) in [4.78, 5) is 21.3. The molecule has 8 nitrogen and oxygen atoms in total. The van der Waals surface area contributed by atoms with Crippen molar-refractivity contribution in [1.29, 1.82) is 0 Å². The summed E-state index contributed by atoms with van der Waals surface area (Å²) in [5.41, 5.74) is 7.78. The third-order valence-electron chi connectivity index (χ3n) is 6.11. The van der Waals surface area contributed by atoms with Gasteiger partial charge in [-0.2, -0.15) is 10.1 Å². The molecule has 34 heavy (non-hydrogen) atoms. The van der Waals surface area contributed by atoms with Crippen molar-refractivity contribution in [2.75, 3.05) is 13.7 Å². The molecule has 0 fully saturated rings. The molecule has 1 aliphatic rings. The number of allylic oxidation sites excluding steroid dienone is 5. The lowest BCUT2D eigenvalue weighted by atomic mass is 10.0. The molecule has 4 rings (SSSR count). The van der Waals surface area contributed by atoms with Crippen molar-refractivity contribution in [1.82, 2.24) is 25.1 Å². The number of aryl methyl sites for hydroxylation is 2. The minimum Gasteiger partial charge on any atom is -0.481 e. The number of ether oxygens (including phenoxy) is 2. The van der Waals surface area contributed by atoms with E-state index in [9.17, 15) is 4.79 Å². The zero-order chi connectivity index (χ0) is 24.6. The van der Waals surface area contributed by atoms with E-state index in [1.807, 2.05) is 33.0 Å². The molecule has 0 aromatic carbocycles. The quantitative estimate of drug-likeness (QED) is 0.569. The summed E-state index contributed by atoms with van der Waals surface area (Å²) in [5.74, 6) is 0.650. The maximum absolute atomic E-state index is 12.5. The van der Waals surface area contributed by atoms with Gasteiger partial charge in [0.2, 0.25) is 11.8 Å². The summed E-state index contributed by atoms with van der Waals surface area (Å²) in [6, 6.07) is 5.24. The van der Waals surface area contributed by atoms with Crippen LogP contribution < -0.4 is 14.8 Å². The average Bonchev–Trinajstić information content (AvgIpc) is 3.28. The maximum Gasteiger partial charge on any atom is 0.258 e. The summed E-state index contributed by atoms with van der Waals surface area (Å²) in [5, 5.41) is 8.61. The van der Waals surface area contributed by atoms with Crippen LogP contribution in [0.5, 0.6) is 11.8 Å². The lowest BCUT2D eigenvalue weighted by Crippen LogP contribution is -2.31. The molecular weight excluding hydrogens is 430 g/mol. The second kappa shape index (κ2) is 9.13. The maximum atomic E-state index is 12.5. The Kier molecular flexibility index (Phi) is 6.24. The Morgan fingerprint density at radius 3 is 2.62 bits per heavy atom. The predicted molar refractivity (Wildman–Crippen MR) is 132 cm³/mol. The highest BCUT2D eigenvalue weighted by Gasteiger charge is 2.22. The fraction of sp³-hybridized carbons (Fsp3) is 0.308. The Morgan fingerprint density at radius 2 is 2.00 bits per heavy atom. The molecule has 3 heterocycles. The molecule has 0 radical (unpaired) electrons. The first-order valence-electron chi connectivity index (χ1n) is 11.0. The van der Waals surface area contributed by atoms with E-state index >= 15 is 0 Å². The van der Waals surface area contributed by atoms with Gasteiger partial charge in [-0.15, -0.1) is 0 Å². The number of hydrogen-bond acceptors (Lipinski definition) is 6. The van der Waals surface area contributed by atoms with Crippen molar-refractivity contribution >= 4 is 22.5 Å². The van der Waals surface area contributed by atoms with Crippen molar-refractivity contribution in [3.05, 3.63) is 70.6 Å². The number of carbonyl (C=O) groups is 1. The molecule has 1 atom stereocenters. The van der Waals surface area contributed by atoms with Gasteiger partial charge in [0.05, 0.1) is 18.5 Å². The molecule has 8 heteroatoms. The van der Waals surface area contributed by atoms with Gasteiger partial charge in [-0.3, -0.25) is 4.79 Å². The molecule has 1 unspecified atom stereocenters. The normalized spacial score (nSPS) is 14.4. The zero-order valence-electron chi connectivity index (χ0n) is 20.4. The molecule has 176 valence electrons. The lowest BCUT2D eigenvalue weighted by molar-refractivity contribution is -0.123. The van der Waals surface area contributed by atoms with Crippen molar-refractivity contribution in [2.24, 2.45) is 7.05 Å². The van der Waals surface area contributed by atoms with Crippen molar-refractivity contribution in [2.45, 2.75) is 33.7 Å². The molecule has 0 bridgehead atoms. The molecule has 1 N–H and O–H groups in total. The van der Waals surface area contributed by atoms with E-state index in [0.717, 1.165) is 44.5 Å². The second-order valence-electron chi connectivity index (χ2n) is 8.50. The monoisotopic (exact) mass is 459 g/mol. The van der Waals surface area contributed by atoms with Crippen LogP contribution in [-0.4, -0.2) is 39.4 Å². The number of hydrogen-bond donors (Lipinski definition) is 1. The van der Waals surface area contributed by atoms with Crippen LogP contribution in [0, 0.1) is 6.92 Å². The van der Waals surface area contributed by atoms with Gasteiger partial charge >= 0.3 is 0 Å². The number of nitrogens with one attached hydrogen (secondary N) is 1. The highest BCUT2D eigenvalue weighted by atomic mass is 16.5. The number of carbonyl (C=O) groups excluding carboxylic acids is 1. The summed E-state index contributed by atoms with van der Waals surface area (Å²) in [7, 11) is 3.42. The Morgan fingerprint density at radius 1 is 1.24 bits per heavy atom. The Bertz CT molecular complexity index is 1350. The van der Waals surface area contributed by atoms with Gasteiger partial charge in [0.15, 0.2) is 12.3 Å². The van der Waals surface area contributed by atoms with Crippen molar-refractivity contribution in [3.8, 4) is 11.8 Å². The highest BCUT2D eigenvalue weighted by molar-refractivity contribution is 5.98. The fourth-order valence-corrected chi connectivity index (χ4v) is 4.05. The molecule has 1 aliphatic carbocycles. The fourth-order valence-electron chi connectivity index (χ4n) is 4.05. The zero-order valence-corrected chi connectivity index (χ0v) is 20.4. The average molecular weight is 460 g/mol. The topological polar surface area (TPSA) is 91.2 Å². The summed E-state index contributed by atoms with van der Waals surface area (Å²) < 4.78 is 12.6. The highest BCUT2D eigenvalue weighted by Crippen LogP contribution is 2.38. The molecule has 0 saturated carbocycles. The molecule has 0 spiro atoms. The first-order chi connectivity index (χ1) is 16.2. The van der Waals surface area contributed by atoms with Crippen LogP contribution in [0.4, 0.5) is 0 Å². The Balaban J connectivity index is 1.50. The number of rotatable bonds is 7. The first kappa shape index (κ1) is 23.2. The summed E-state index contributed by atoms with van der Waals surface area (Å²) in [6.45, 7) is 12.0. The van der Waals surface area contributed by atoms with E-state index in [-0.39, 0.29) is 18.6 Å². The van der Waals surface area contributed by atoms with E-state index in [1.165, 1.54) is 0 Å².